The van der Waals surface area contributed by atoms with E-state index < -0.39 is 5.91 Å². The van der Waals surface area contributed by atoms with E-state index >= 15 is 0 Å². The zero-order chi connectivity index (χ0) is 25.1. The highest BCUT2D eigenvalue weighted by Crippen LogP contribution is 2.40. The summed E-state index contributed by atoms with van der Waals surface area (Å²) in [6.45, 7) is 2.10. The van der Waals surface area contributed by atoms with Gasteiger partial charge in [0.2, 0.25) is 5.91 Å². The molecule has 0 saturated carbocycles. The third-order valence-corrected chi connectivity index (χ3v) is 7.00. The Morgan fingerprint density at radius 1 is 1.06 bits per heavy atom. The Labute approximate surface area is 210 Å². The van der Waals surface area contributed by atoms with Crippen LogP contribution in [-0.4, -0.2) is 46.1 Å². The molecule has 3 heterocycles. The van der Waals surface area contributed by atoms with E-state index in [1.54, 1.807) is 0 Å². The molecule has 8 heteroatoms. The summed E-state index contributed by atoms with van der Waals surface area (Å²) in [5, 5.41) is 8.25. The molecule has 8 nitrogen and oxygen atoms in total. The second-order valence-corrected chi connectivity index (χ2v) is 9.20. The number of benzene rings is 2. The van der Waals surface area contributed by atoms with Gasteiger partial charge >= 0.3 is 0 Å². The Morgan fingerprint density at radius 2 is 1.75 bits per heavy atom. The molecule has 0 bridgehead atoms. The Bertz CT molecular complexity index is 1290. The van der Waals surface area contributed by atoms with E-state index in [1.165, 1.54) is 0 Å². The number of carbonyl (C=O) groups excluding carboxylic acids is 2. The fraction of sp³-hybridized carbons (Fsp3) is 0.321. The zero-order valence-electron chi connectivity index (χ0n) is 20.0. The monoisotopic (exact) mass is 483 g/mol. The van der Waals surface area contributed by atoms with E-state index in [4.69, 9.17) is 22.0 Å². The molecule has 2 amide bonds. The number of nitrogens with two attached hydrogens (primary N) is 1. The molecule has 184 valence electrons. The number of amides is 2. The lowest BCUT2D eigenvalue weighted by Gasteiger charge is -2.38. The Morgan fingerprint density at radius 3 is 2.42 bits per heavy atom. The standard InChI is InChI=1S/C28H29N5O3/c1-2-6-24(34)32-17-14-19(15-18-32)23-13-16-30-28-25(27(29)35)26(31-33(23)28)20-9-11-22(12-10-20)36-21-7-4-3-5-8-21/h1,3-5,7-12,19,23,30H,6,13-18H2,(H2,29,35)/t23-/m0/s1. The average Bonchev–Trinajstić information content (AvgIpc) is 3.30. The summed E-state index contributed by atoms with van der Waals surface area (Å²) >= 11 is 0. The van der Waals surface area contributed by atoms with Gasteiger partial charge < -0.3 is 20.7 Å². The van der Waals surface area contributed by atoms with Gasteiger partial charge in [-0.3, -0.25) is 9.59 Å². The number of ether oxygens (including phenoxy) is 1. The number of primary amides is 1. The summed E-state index contributed by atoms with van der Waals surface area (Å²) in [5.41, 5.74) is 7.59. The van der Waals surface area contributed by atoms with Crippen molar-refractivity contribution in [2.24, 2.45) is 11.7 Å². The van der Waals surface area contributed by atoms with E-state index in [2.05, 4.69) is 11.2 Å². The molecule has 0 radical (unpaired) electrons. The molecule has 1 saturated heterocycles. The van der Waals surface area contributed by atoms with E-state index in [1.807, 2.05) is 64.2 Å². The number of likely N-dealkylation sites (tertiary alicyclic amines) is 1. The molecule has 3 N–H and O–H groups in total. The van der Waals surface area contributed by atoms with Crippen LogP contribution in [0.3, 0.4) is 0 Å². The number of hydrogen-bond acceptors (Lipinski definition) is 5. The number of nitrogens with one attached hydrogen (secondary N) is 1. The number of carbonyl (C=O) groups is 2. The third kappa shape index (κ3) is 4.65. The first-order valence-corrected chi connectivity index (χ1v) is 12.3. The van der Waals surface area contributed by atoms with E-state index in [0.29, 0.717) is 41.8 Å². The van der Waals surface area contributed by atoms with Crippen molar-refractivity contribution in [2.45, 2.75) is 31.7 Å². The van der Waals surface area contributed by atoms with Crippen LogP contribution in [0.25, 0.3) is 11.3 Å². The largest absolute Gasteiger partial charge is 0.457 e. The number of hydrogen-bond donors (Lipinski definition) is 2. The van der Waals surface area contributed by atoms with Crippen LogP contribution in [0.1, 0.15) is 42.1 Å². The number of terminal acetylenes is 1. The molecule has 36 heavy (non-hydrogen) atoms. The average molecular weight is 484 g/mol. The summed E-state index contributed by atoms with van der Waals surface area (Å²) in [5.74, 6) is 4.39. The third-order valence-electron chi connectivity index (χ3n) is 7.00. The van der Waals surface area contributed by atoms with Gasteiger partial charge in [0.25, 0.3) is 5.91 Å². The van der Waals surface area contributed by atoms with Crippen molar-refractivity contribution in [3.63, 3.8) is 0 Å². The molecule has 2 aromatic carbocycles. The number of para-hydroxylation sites is 1. The second kappa shape index (κ2) is 10.2. The summed E-state index contributed by atoms with van der Waals surface area (Å²) in [6.07, 6.45) is 8.07. The van der Waals surface area contributed by atoms with Crippen molar-refractivity contribution in [3.8, 4) is 35.1 Å². The van der Waals surface area contributed by atoms with Crippen LogP contribution in [0.5, 0.6) is 11.5 Å². The van der Waals surface area contributed by atoms with Crippen molar-refractivity contribution in [3.05, 3.63) is 60.2 Å². The smallest absolute Gasteiger partial charge is 0.254 e. The number of rotatable bonds is 6. The molecular weight excluding hydrogens is 454 g/mol. The van der Waals surface area contributed by atoms with Gasteiger partial charge in [-0.05, 0) is 61.6 Å². The highest BCUT2D eigenvalue weighted by Gasteiger charge is 2.35. The minimum atomic E-state index is -0.515. The number of nitrogens with zero attached hydrogens (tertiary/aromatic N) is 3. The van der Waals surface area contributed by atoms with Crippen LogP contribution in [0.15, 0.2) is 54.6 Å². The van der Waals surface area contributed by atoms with Crippen LogP contribution >= 0.6 is 0 Å². The van der Waals surface area contributed by atoms with Gasteiger partial charge in [-0.25, -0.2) is 4.68 Å². The van der Waals surface area contributed by atoms with Crippen molar-refractivity contribution < 1.29 is 14.3 Å². The van der Waals surface area contributed by atoms with Crippen molar-refractivity contribution in [1.82, 2.24) is 14.7 Å². The summed E-state index contributed by atoms with van der Waals surface area (Å²) < 4.78 is 7.84. The molecule has 1 fully saturated rings. The topological polar surface area (TPSA) is 102 Å². The molecule has 0 aliphatic carbocycles. The number of piperidine rings is 1. The summed E-state index contributed by atoms with van der Waals surface area (Å²) in [7, 11) is 0. The van der Waals surface area contributed by atoms with Crippen molar-refractivity contribution >= 4 is 17.6 Å². The van der Waals surface area contributed by atoms with Crippen LogP contribution < -0.4 is 15.8 Å². The zero-order valence-corrected chi connectivity index (χ0v) is 20.0. The minimum absolute atomic E-state index is 0.0130. The fourth-order valence-corrected chi connectivity index (χ4v) is 5.21. The Hall–Kier alpha value is -4.25. The van der Waals surface area contributed by atoms with E-state index in [-0.39, 0.29) is 18.4 Å². The highest BCUT2D eigenvalue weighted by atomic mass is 16.5. The van der Waals surface area contributed by atoms with E-state index in [9.17, 15) is 9.59 Å². The molecule has 1 aromatic heterocycles. The Balaban J connectivity index is 1.39. The normalized spacial score (nSPS) is 17.5. The summed E-state index contributed by atoms with van der Waals surface area (Å²) in [6, 6.07) is 17.2. The Kier molecular flexibility index (Phi) is 6.63. The van der Waals surface area contributed by atoms with Crippen LogP contribution in [0, 0.1) is 18.3 Å². The fourth-order valence-electron chi connectivity index (χ4n) is 5.21. The van der Waals surface area contributed by atoms with Gasteiger partial charge in [0.1, 0.15) is 28.6 Å². The summed E-state index contributed by atoms with van der Waals surface area (Å²) in [4.78, 5) is 26.6. The second-order valence-electron chi connectivity index (χ2n) is 9.20. The molecule has 2 aliphatic rings. The first-order valence-electron chi connectivity index (χ1n) is 12.3. The first-order chi connectivity index (χ1) is 17.5. The lowest BCUT2D eigenvalue weighted by atomic mass is 9.86. The SMILES string of the molecule is C#CCC(=O)N1CCC([C@@H]2CCNc3c(C(N)=O)c(-c4ccc(Oc5ccccc5)cc4)nn32)CC1. The van der Waals surface area contributed by atoms with Gasteiger partial charge in [-0.15, -0.1) is 6.42 Å². The van der Waals surface area contributed by atoms with Gasteiger partial charge in [-0.1, -0.05) is 24.1 Å². The predicted molar refractivity (Wildman–Crippen MR) is 138 cm³/mol. The maximum Gasteiger partial charge on any atom is 0.254 e. The van der Waals surface area contributed by atoms with Gasteiger partial charge in [0, 0.05) is 25.2 Å². The molecule has 3 aromatic rings. The lowest BCUT2D eigenvalue weighted by Crippen LogP contribution is -2.41. The molecule has 0 spiro atoms. The number of aromatic nitrogens is 2. The quantitative estimate of drug-likeness (QED) is 0.515. The number of anilines is 1. The van der Waals surface area contributed by atoms with Crippen molar-refractivity contribution in [2.75, 3.05) is 25.0 Å². The van der Waals surface area contributed by atoms with Crippen molar-refractivity contribution in [1.29, 1.82) is 0 Å². The first kappa shape index (κ1) is 23.5. The maximum absolute atomic E-state index is 12.5. The van der Waals surface area contributed by atoms with E-state index in [0.717, 1.165) is 37.1 Å². The van der Waals surface area contributed by atoms with Crippen LogP contribution in [-0.2, 0) is 4.79 Å². The van der Waals surface area contributed by atoms with Crippen LogP contribution in [0.4, 0.5) is 5.82 Å². The highest BCUT2D eigenvalue weighted by molar-refractivity contribution is 6.03. The minimum Gasteiger partial charge on any atom is -0.457 e. The van der Waals surface area contributed by atoms with Crippen LogP contribution in [0.2, 0.25) is 0 Å². The molecule has 5 rings (SSSR count). The number of fused-ring (bicyclic) bond motifs is 1. The van der Waals surface area contributed by atoms with Gasteiger partial charge in [-0.2, -0.15) is 5.10 Å². The molecule has 1 atom stereocenters. The maximum atomic E-state index is 12.5. The van der Waals surface area contributed by atoms with Gasteiger partial charge in [0.05, 0.1) is 12.5 Å². The lowest BCUT2D eigenvalue weighted by molar-refractivity contribution is -0.131. The molecule has 2 aliphatic heterocycles. The predicted octanol–water partition coefficient (Wildman–Crippen LogP) is 4.06. The molecule has 0 unspecified atom stereocenters. The van der Waals surface area contributed by atoms with Gasteiger partial charge in [0.15, 0.2) is 0 Å². The molecular formula is C28H29N5O3.